The van der Waals surface area contributed by atoms with Crippen LogP contribution >= 0.6 is 0 Å². The van der Waals surface area contributed by atoms with Crippen molar-refractivity contribution in [2.45, 2.75) is 77.5 Å². The second-order valence-corrected chi connectivity index (χ2v) is 21.3. The van der Waals surface area contributed by atoms with Crippen LogP contribution in [0.25, 0.3) is 16.6 Å². The van der Waals surface area contributed by atoms with Gasteiger partial charge in [0.05, 0.1) is 39.9 Å². The number of morpholine rings is 1. The topological polar surface area (TPSA) is 192 Å². The fourth-order valence-corrected chi connectivity index (χ4v) is 10.5. The second-order valence-electron chi connectivity index (χ2n) is 19.6. The SMILES string of the molecule is Cc1cc(C(F)(F)F)ccc1C1=C(CN2CCN(c3ccc(C(=O)NS(=O)(=O)c4ccc(NCC[C@@H]5CN(C(=O)C(C)C)CCO5)c([N+](=O)[O-])c4)c(Oc4cnc5[nH]ccc5c4)c3)CC2)CCC(C)(C)C1. The molecule has 5 aromatic rings. The normalized spacial score (nSPS) is 18.0. The zero-order valence-corrected chi connectivity index (χ0v) is 41.2. The van der Waals surface area contributed by atoms with E-state index in [0.717, 1.165) is 41.9 Å². The highest BCUT2D eigenvalue weighted by molar-refractivity contribution is 7.90. The lowest BCUT2D eigenvalue weighted by atomic mass is 9.72. The number of pyridine rings is 1. The van der Waals surface area contributed by atoms with Gasteiger partial charge in [0.1, 0.15) is 22.8 Å². The van der Waals surface area contributed by atoms with E-state index < -0.39 is 43.2 Å². The average molecular weight is 1000 g/mol. The largest absolute Gasteiger partial charge is 0.455 e. The van der Waals surface area contributed by atoms with Crippen LogP contribution in [0.1, 0.15) is 80.4 Å². The number of H-pyrrole nitrogens is 1. The zero-order valence-electron chi connectivity index (χ0n) is 40.4. The number of aryl methyl sites for hydroxylation is 1. The minimum Gasteiger partial charge on any atom is -0.455 e. The summed E-state index contributed by atoms with van der Waals surface area (Å²) in [6.45, 7) is 14.5. The molecule has 8 rings (SSSR count). The third-order valence-electron chi connectivity index (χ3n) is 13.5. The summed E-state index contributed by atoms with van der Waals surface area (Å²) in [7, 11) is -4.66. The number of nitrogens with one attached hydrogen (secondary N) is 3. The molecular formula is C51H59F3N8O8S. The first-order valence-corrected chi connectivity index (χ1v) is 25.2. The van der Waals surface area contributed by atoms with Gasteiger partial charge in [0.2, 0.25) is 5.91 Å². The van der Waals surface area contributed by atoms with Crippen molar-refractivity contribution in [2.75, 3.05) is 69.2 Å². The quantitative estimate of drug-likeness (QED) is 0.0667. The maximum atomic E-state index is 14.0. The van der Waals surface area contributed by atoms with Crippen LogP contribution in [0.5, 0.6) is 11.5 Å². The molecule has 2 fully saturated rings. The van der Waals surface area contributed by atoms with Gasteiger partial charge in [-0.25, -0.2) is 18.1 Å². The summed E-state index contributed by atoms with van der Waals surface area (Å²) < 4.78 is 82.5. The number of sulfonamides is 1. The first-order chi connectivity index (χ1) is 33.6. The number of amides is 2. The highest BCUT2D eigenvalue weighted by Gasteiger charge is 2.34. The molecule has 0 radical (unpaired) electrons. The molecule has 0 spiro atoms. The van der Waals surface area contributed by atoms with Gasteiger partial charge in [-0.15, -0.1) is 0 Å². The number of hydrogen-bond donors (Lipinski definition) is 3. The zero-order chi connectivity index (χ0) is 50.8. The number of ether oxygens (including phenoxy) is 2. The highest BCUT2D eigenvalue weighted by Crippen LogP contribution is 2.45. The molecule has 20 heteroatoms. The molecule has 2 saturated heterocycles. The van der Waals surface area contributed by atoms with Crippen molar-refractivity contribution in [3.63, 3.8) is 0 Å². The van der Waals surface area contributed by atoms with Crippen molar-refractivity contribution in [3.05, 3.63) is 117 Å². The van der Waals surface area contributed by atoms with Crippen LogP contribution in [0, 0.1) is 28.4 Å². The lowest BCUT2D eigenvalue weighted by Crippen LogP contribution is -2.47. The number of nitro groups is 1. The van der Waals surface area contributed by atoms with Gasteiger partial charge < -0.3 is 29.6 Å². The Bertz CT molecular complexity index is 2970. The predicted molar refractivity (Wildman–Crippen MR) is 264 cm³/mol. The van der Waals surface area contributed by atoms with Crippen molar-refractivity contribution >= 4 is 55.5 Å². The fraction of sp³-hybridized carbons (Fsp3) is 0.431. The minimum atomic E-state index is -4.66. The number of rotatable bonds is 15. The second kappa shape index (κ2) is 20.7. The average Bonchev–Trinajstić information content (AvgIpc) is 3.80. The van der Waals surface area contributed by atoms with E-state index >= 15 is 0 Å². The Morgan fingerprint density at radius 2 is 1.80 bits per heavy atom. The number of hydrogen-bond acceptors (Lipinski definition) is 12. The van der Waals surface area contributed by atoms with Crippen LogP contribution in [0.15, 0.2) is 89.6 Å². The molecule has 4 heterocycles. The van der Waals surface area contributed by atoms with Crippen molar-refractivity contribution in [3.8, 4) is 11.5 Å². The first kappa shape index (κ1) is 50.9. The molecule has 1 atom stereocenters. The number of nitrogens with zero attached hydrogens (tertiary/aromatic N) is 5. The van der Waals surface area contributed by atoms with Gasteiger partial charge in [-0.3, -0.25) is 24.6 Å². The van der Waals surface area contributed by atoms with Crippen LogP contribution in [-0.4, -0.2) is 110 Å². The number of carbonyl (C=O) groups is 2. The Morgan fingerprint density at radius 1 is 1.03 bits per heavy atom. The Hall–Kier alpha value is -6.51. The number of fused-ring (bicyclic) bond motifs is 1. The molecule has 2 aliphatic heterocycles. The minimum absolute atomic E-state index is 0.000543. The number of anilines is 2. The number of nitro benzene ring substituents is 1. The van der Waals surface area contributed by atoms with Crippen molar-refractivity contribution in [1.29, 1.82) is 0 Å². The monoisotopic (exact) mass is 1000 g/mol. The summed E-state index contributed by atoms with van der Waals surface area (Å²) >= 11 is 0. The number of aromatic amines is 1. The third-order valence-corrected chi connectivity index (χ3v) is 14.8. The number of benzene rings is 3. The molecule has 2 aromatic heterocycles. The van der Waals surface area contributed by atoms with Crippen LogP contribution in [0.4, 0.5) is 30.2 Å². The molecule has 3 N–H and O–H groups in total. The molecule has 0 bridgehead atoms. The smallest absolute Gasteiger partial charge is 0.416 e. The maximum absolute atomic E-state index is 14.0. The number of carbonyl (C=O) groups excluding carboxylic acids is 2. The van der Waals surface area contributed by atoms with Crippen molar-refractivity contribution < 1.29 is 45.6 Å². The van der Waals surface area contributed by atoms with E-state index in [-0.39, 0.29) is 52.6 Å². The van der Waals surface area contributed by atoms with Gasteiger partial charge in [0.25, 0.3) is 21.6 Å². The molecule has 1 aliphatic carbocycles. The molecule has 0 saturated carbocycles. The van der Waals surface area contributed by atoms with E-state index in [1.807, 2.05) is 13.8 Å². The molecule has 3 aromatic carbocycles. The summed E-state index contributed by atoms with van der Waals surface area (Å²) in [6, 6.07) is 15.7. The molecule has 0 unspecified atom stereocenters. The molecule has 378 valence electrons. The predicted octanol–water partition coefficient (Wildman–Crippen LogP) is 9.18. The lowest BCUT2D eigenvalue weighted by molar-refractivity contribution is -0.384. The Kier molecular flexibility index (Phi) is 14.8. The van der Waals surface area contributed by atoms with Crippen LogP contribution < -0.4 is 19.7 Å². The molecule has 3 aliphatic rings. The number of allylic oxidation sites excluding steroid dienone is 1. The number of aromatic nitrogens is 2. The summed E-state index contributed by atoms with van der Waals surface area (Å²) in [5.41, 5.74) is 3.90. The van der Waals surface area contributed by atoms with E-state index in [1.165, 1.54) is 42.1 Å². The van der Waals surface area contributed by atoms with Gasteiger partial charge >= 0.3 is 6.18 Å². The van der Waals surface area contributed by atoms with Gasteiger partial charge in [0, 0.05) is 87.7 Å². The summed E-state index contributed by atoms with van der Waals surface area (Å²) in [5.74, 6) is -0.837. The van der Waals surface area contributed by atoms with Crippen LogP contribution in [0.2, 0.25) is 0 Å². The van der Waals surface area contributed by atoms with Gasteiger partial charge in [-0.2, -0.15) is 13.2 Å². The summed E-state index contributed by atoms with van der Waals surface area (Å²) in [5, 5.41) is 16.0. The third kappa shape index (κ3) is 12.0. The first-order valence-electron chi connectivity index (χ1n) is 23.8. The number of piperazine rings is 1. The molecule has 71 heavy (non-hydrogen) atoms. The standard InChI is InChI=1S/C51H59F3N8O8S/c1-32(2)49(64)61-22-23-69-38(31-61)14-17-55-44-11-8-40(27-45(44)62(65)66)71(67,68)58-48(63)42-10-7-37(26-46(42)70-39-25-34-13-16-56-47(34)57-29-39)60-20-18-59(19-21-60)30-35-12-15-50(4,5)28-43(35)41-9-6-36(24-33(41)3)51(52,53)54/h6-11,13,16,24-27,29,32,38,55H,12,14-15,17-23,28,30-31H2,1-5H3,(H,56,57)(H,58,63)/t38-/m1/s1. The Balaban J connectivity index is 0.975. The lowest BCUT2D eigenvalue weighted by Gasteiger charge is -2.39. The van der Waals surface area contributed by atoms with E-state index in [4.69, 9.17) is 9.47 Å². The van der Waals surface area contributed by atoms with Gasteiger partial charge in [-0.1, -0.05) is 39.3 Å². The molecule has 16 nitrogen and oxygen atoms in total. The summed E-state index contributed by atoms with van der Waals surface area (Å²) in [6.07, 6.45) is 1.48. The Labute approximate surface area is 410 Å². The van der Waals surface area contributed by atoms with Crippen molar-refractivity contribution in [2.24, 2.45) is 11.3 Å². The number of alkyl halides is 3. The van der Waals surface area contributed by atoms with Gasteiger partial charge in [0.15, 0.2) is 0 Å². The van der Waals surface area contributed by atoms with Crippen LogP contribution in [0.3, 0.4) is 0 Å². The number of halogens is 3. The van der Waals surface area contributed by atoms with E-state index in [2.05, 4.69) is 43.7 Å². The van der Waals surface area contributed by atoms with Crippen molar-refractivity contribution in [1.82, 2.24) is 24.5 Å². The van der Waals surface area contributed by atoms with E-state index in [0.29, 0.717) is 75.7 Å². The molecule has 2 amide bonds. The summed E-state index contributed by atoms with van der Waals surface area (Å²) in [4.78, 5) is 51.2. The van der Waals surface area contributed by atoms with E-state index in [1.54, 1.807) is 48.4 Å². The van der Waals surface area contributed by atoms with Gasteiger partial charge in [-0.05, 0) is 103 Å². The van der Waals surface area contributed by atoms with E-state index in [9.17, 15) is 41.3 Å². The Morgan fingerprint density at radius 3 is 2.52 bits per heavy atom. The molecular weight excluding hydrogens is 942 g/mol. The maximum Gasteiger partial charge on any atom is 0.416 e. The fourth-order valence-electron chi connectivity index (χ4n) is 9.53. The highest BCUT2D eigenvalue weighted by atomic mass is 32.2. The van der Waals surface area contributed by atoms with Crippen LogP contribution in [-0.2, 0) is 25.7 Å².